The molecule has 0 aliphatic carbocycles. The molecule has 0 spiro atoms. The van der Waals surface area contributed by atoms with Crippen LogP contribution in [0.4, 0.5) is 0 Å². The van der Waals surface area contributed by atoms with Gasteiger partial charge in [0.05, 0.1) is 11.7 Å². The molecule has 3 rings (SSSR count). The highest BCUT2D eigenvalue weighted by Crippen LogP contribution is 2.20. The number of amides is 1. The topological polar surface area (TPSA) is 54.0 Å². The van der Waals surface area contributed by atoms with E-state index in [0.29, 0.717) is 24.5 Å². The molecule has 6 heteroatoms. The number of piperazine rings is 1. The third-order valence-electron chi connectivity index (χ3n) is 5.11. The quantitative estimate of drug-likeness (QED) is 0.713. The van der Waals surface area contributed by atoms with Crippen LogP contribution in [0, 0.1) is 0 Å². The van der Waals surface area contributed by atoms with Crippen molar-refractivity contribution >= 4 is 5.91 Å². The van der Waals surface area contributed by atoms with Gasteiger partial charge in [-0.1, -0.05) is 12.1 Å². The van der Waals surface area contributed by atoms with Gasteiger partial charge < -0.3 is 24.6 Å². The summed E-state index contributed by atoms with van der Waals surface area (Å²) in [6, 6.07) is 7.45. The molecule has 2 heterocycles. The summed E-state index contributed by atoms with van der Waals surface area (Å²) < 4.78 is 11.4. The smallest absolute Gasteiger partial charge is 0.255 e. The Morgan fingerprint density at radius 1 is 1.27 bits per heavy atom. The van der Waals surface area contributed by atoms with Gasteiger partial charge in [-0.05, 0) is 45.0 Å². The van der Waals surface area contributed by atoms with Crippen LogP contribution < -0.4 is 10.1 Å². The Bertz CT molecular complexity index is 567. The normalized spacial score (nSPS) is 21.7. The lowest BCUT2D eigenvalue weighted by Crippen LogP contribution is -2.45. The van der Waals surface area contributed by atoms with Gasteiger partial charge in [0.15, 0.2) is 0 Å². The van der Waals surface area contributed by atoms with Crippen LogP contribution in [-0.2, 0) is 4.74 Å². The van der Waals surface area contributed by atoms with Crippen LogP contribution >= 0.6 is 0 Å². The van der Waals surface area contributed by atoms with Crippen molar-refractivity contribution < 1.29 is 14.3 Å². The van der Waals surface area contributed by atoms with Crippen molar-refractivity contribution in [3.05, 3.63) is 29.8 Å². The Labute approximate surface area is 156 Å². The number of carbonyl (C=O) groups excluding carboxylic acids is 1. The second kappa shape index (κ2) is 9.90. The molecular weight excluding hydrogens is 330 g/mol. The SMILES string of the molecule is CN1CCN(CCCNC(=O)c2ccccc2OCC2CCCO2)CC1. The molecule has 0 bridgehead atoms. The molecule has 1 aromatic rings. The van der Waals surface area contributed by atoms with E-state index < -0.39 is 0 Å². The summed E-state index contributed by atoms with van der Waals surface area (Å²) in [6.07, 6.45) is 3.23. The Balaban J connectivity index is 1.41. The van der Waals surface area contributed by atoms with Crippen LogP contribution in [0.15, 0.2) is 24.3 Å². The summed E-state index contributed by atoms with van der Waals surface area (Å²) in [5.41, 5.74) is 0.602. The summed E-state index contributed by atoms with van der Waals surface area (Å²) in [5, 5.41) is 3.03. The number of likely N-dealkylation sites (N-methyl/N-ethyl adjacent to an activating group) is 1. The van der Waals surface area contributed by atoms with Gasteiger partial charge >= 0.3 is 0 Å². The number of carbonyl (C=O) groups is 1. The third-order valence-corrected chi connectivity index (χ3v) is 5.11. The predicted molar refractivity (Wildman–Crippen MR) is 102 cm³/mol. The van der Waals surface area contributed by atoms with E-state index >= 15 is 0 Å². The molecule has 1 unspecified atom stereocenters. The molecule has 2 aliphatic rings. The fourth-order valence-electron chi connectivity index (χ4n) is 3.41. The molecule has 2 fully saturated rings. The van der Waals surface area contributed by atoms with E-state index in [4.69, 9.17) is 9.47 Å². The van der Waals surface area contributed by atoms with Gasteiger partial charge in [-0.25, -0.2) is 0 Å². The van der Waals surface area contributed by atoms with Crippen molar-refractivity contribution in [2.45, 2.75) is 25.4 Å². The Morgan fingerprint density at radius 2 is 2.08 bits per heavy atom. The average molecular weight is 361 g/mol. The van der Waals surface area contributed by atoms with Crippen molar-refractivity contribution in [2.24, 2.45) is 0 Å². The van der Waals surface area contributed by atoms with Crippen molar-refractivity contribution in [1.82, 2.24) is 15.1 Å². The molecule has 2 aliphatic heterocycles. The fraction of sp³-hybridized carbons (Fsp3) is 0.650. The summed E-state index contributed by atoms with van der Waals surface area (Å²) in [6.45, 7) is 7.52. The molecule has 2 saturated heterocycles. The van der Waals surface area contributed by atoms with Crippen LogP contribution in [-0.4, -0.2) is 81.3 Å². The number of nitrogens with one attached hydrogen (secondary N) is 1. The van der Waals surface area contributed by atoms with Gasteiger partial charge in [0.25, 0.3) is 5.91 Å². The summed E-state index contributed by atoms with van der Waals surface area (Å²) >= 11 is 0. The highest BCUT2D eigenvalue weighted by Gasteiger charge is 2.18. The first-order chi connectivity index (χ1) is 12.7. The minimum absolute atomic E-state index is 0.0636. The van der Waals surface area contributed by atoms with E-state index in [1.54, 1.807) is 0 Å². The van der Waals surface area contributed by atoms with E-state index in [1.165, 1.54) is 0 Å². The maximum atomic E-state index is 12.5. The lowest BCUT2D eigenvalue weighted by Gasteiger charge is -2.32. The standard InChI is InChI=1S/C20H31N3O3/c1-22-11-13-23(14-12-22)10-5-9-21-20(24)18-7-2-3-8-19(18)26-16-17-6-4-15-25-17/h2-3,7-8,17H,4-6,9-16H2,1H3,(H,21,24). The zero-order valence-electron chi connectivity index (χ0n) is 15.8. The van der Waals surface area contributed by atoms with E-state index in [0.717, 1.165) is 58.6 Å². The van der Waals surface area contributed by atoms with Gasteiger partial charge in [-0.15, -0.1) is 0 Å². The first kappa shape index (κ1) is 19.1. The molecular formula is C20H31N3O3. The zero-order chi connectivity index (χ0) is 18.2. The molecule has 26 heavy (non-hydrogen) atoms. The number of ether oxygens (including phenoxy) is 2. The van der Waals surface area contributed by atoms with Crippen molar-refractivity contribution in [3.63, 3.8) is 0 Å². The predicted octanol–water partition coefficient (Wildman–Crippen LogP) is 1.61. The highest BCUT2D eigenvalue weighted by molar-refractivity contribution is 5.96. The molecule has 1 aromatic carbocycles. The molecule has 6 nitrogen and oxygen atoms in total. The average Bonchev–Trinajstić information content (AvgIpc) is 3.19. The largest absolute Gasteiger partial charge is 0.490 e. The summed E-state index contributed by atoms with van der Waals surface area (Å²) in [7, 11) is 2.16. The van der Waals surface area contributed by atoms with Crippen LogP contribution in [0.1, 0.15) is 29.6 Å². The molecule has 0 radical (unpaired) electrons. The number of nitrogens with zero attached hydrogens (tertiary/aromatic N) is 2. The number of para-hydroxylation sites is 1. The van der Waals surface area contributed by atoms with Gasteiger partial charge in [0.2, 0.25) is 0 Å². The molecule has 1 amide bonds. The maximum Gasteiger partial charge on any atom is 0.255 e. The molecule has 1 N–H and O–H groups in total. The second-order valence-electron chi connectivity index (χ2n) is 7.20. The number of hydrogen-bond acceptors (Lipinski definition) is 5. The van der Waals surface area contributed by atoms with E-state index in [2.05, 4.69) is 22.2 Å². The summed E-state index contributed by atoms with van der Waals surface area (Å²) in [5.74, 6) is 0.575. The van der Waals surface area contributed by atoms with Gasteiger partial charge in [-0.2, -0.15) is 0 Å². The van der Waals surface area contributed by atoms with Gasteiger partial charge in [-0.3, -0.25) is 4.79 Å². The van der Waals surface area contributed by atoms with E-state index in [1.807, 2.05) is 24.3 Å². The van der Waals surface area contributed by atoms with Crippen molar-refractivity contribution in [1.29, 1.82) is 0 Å². The maximum absolute atomic E-state index is 12.5. The van der Waals surface area contributed by atoms with Crippen LogP contribution in [0.5, 0.6) is 5.75 Å². The molecule has 1 atom stereocenters. The number of hydrogen-bond donors (Lipinski definition) is 1. The fourth-order valence-corrected chi connectivity index (χ4v) is 3.41. The zero-order valence-corrected chi connectivity index (χ0v) is 15.8. The Morgan fingerprint density at radius 3 is 2.85 bits per heavy atom. The Hall–Kier alpha value is -1.63. The minimum Gasteiger partial charge on any atom is -0.490 e. The highest BCUT2D eigenvalue weighted by atomic mass is 16.5. The monoisotopic (exact) mass is 361 g/mol. The van der Waals surface area contributed by atoms with Gasteiger partial charge in [0.1, 0.15) is 12.4 Å². The van der Waals surface area contributed by atoms with Crippen molar-refractivity contribution in [2.75, 3.05) is 59.5 Å². The molecule has 0 aromatic heterocycles. The Kier molecular flexibility index (Phi) is 7.29. The van der Waals surface area contributed by atoms with E-state index in [9.17, 15) is 4.79 Å². The van der Waals surface area contributed by atoms with Gasteiger partial charge in [0, 0.05) is 39.3 Å². The third kappa shape index (κ3) is 5.69. The first-order valence-electron chi connectivity index (χ1n) is 9.75. The number of rotatable bonds is 8. The van der Waals surface area contributed by atoms with Crippen LogP contribution in [0.2, 0.25) is 0 Å². The van der Waals surface area contributed by atoms with E-state index in [-0.39, 0.29) is 12.0 Å². The lowest BCUT2D eigenvalue weighted by molar-refractivity contribution is 0.0670. The first-order valence-corrected chi connectivity index (χ1v) is 9.75. The van der Waals surface area contributed by atoms with Crippen LogP contribution in [0.25, 0.3) is 0 Å². The van der Waals surface area contributed by atoms with Crippen LogP contribution in [0.3, 0.4) is 0 Å². The lowest BCUT2D eigenvalue weighted by atomic mass is 10.2. The second-order valence-corrected chi connectivity index (χ2v) is 7.20. The molecule has 0 saturated carbocycles. The summed E-state index contributed by atoms with van der Waals surface area (Å²) in [4.78, 5) is 17.3. The molecule has 144 valence electrons. The number of benzene rings is 1. The minimum atomic E-state index is -0.0636. The van der Waals surface area contributed by atoms with Crippen molar-refractivity contribution in [3.8, 4) is 5.75 Å².